The van der Waals surface area contributed by atoms with Crippen LogP contribution in [0.4, 0.5) is 0 Å². The summed E-state index contributed by atoms with van der Waals surface area (Å²) in [5, 5.41) is 0. The zero-order valence-electron chi connectivity index (χ0n) is 5.79. The third-order valence-corrected chi connectivity index (χ3v) is 6.49. The first-order valence-corrected chi connectivity index (χ1v) is 10.7. The van der Waals surface area contributed by atoms with E-state index >= 15 is 0 Å². The first-order valence-electron chi connectivity index (χ1n) is 3.16. The van der Waals surface area contributed by atoms with E-state index in [1.54, 1.807) is 0 Å². The van der Waals surface area contributed by atoms with Crippen molar-refractivity contribution in [2.45, 2.75) is 12.1 Å². The van der Waals surface area contributed by atoms with Crippen LogP contribution in [0.3, 0.4) is 0 Å². The van der Waals surface area contributed by atoms with Crippen LogP contribution in [-0.2, 0) is 18.2 Å². The molecule has 0 aromatic heterocycles. The fourth-order valence-corrected chi connectivity index (χ4v) is 4.51. The van der Waals surface area contributed by atoms with Gasteiger partial charge in [0.05, 0.1) is 0 Å². The summed E-state index contributed by atoms with van der Waals surface area (Å²) in [5.74, 6) is 4.13. The Morgan fingerprint density at radius 2 is 1.50 bits per heavy atom. The molecule has 0 amide bonds. The molecule has 0 bridgehead atoms. The molecule has 0 nitrogen and oxygen atoms in total. The molecule has 0 saturated carbocycles. The first kappa shape index (κ1) is 11.2. The van der Waals surface area contributed by atoms with Crippen LogP contribution in [0, 0.1) is 0 Å². The summed E-state index contributed by atoms with van der Waals surface area (Å²) < 4.78 is 0. The van der Waals surface area contributed by atoms with Gasteiger partial charge in [0.25, 0.3) is 0 Å². The maximum absolute atomic E-state index is 2.61. The van der Waals surface area contributed by atoms with Crippen molar-refractivity contribution in [3.8, 4) is 0 Å². The number of hydrogen-bond donors (Lipinski definition) is 0. The average molecular weight is 367 g/mol. The van der Waals surface area contributed by atoms with Gasteiger partial charge in [0.2, 0.25) is 0 Å². The van der Waals surface area contributed by atoms with Gasteiger partial charge in [-0.3, -0.25) is 0 Å². The molecular weight excluding hydrogens is 354 g/mol. The molecule has 10 heavy (non-hydrogen) atoms. The van der Waals surface area contributed by atoms with Crippen LogP contribution in [0.25, 0.3) is 0 Å². The molecule has 0 aliphatic heterocycles. The van der Waals surface area contributed by atoms with Crippen LogP contribution < -0.4 is 0 Å². The molecule has 0 heterocycles. The van der Waals surface area contributed by atoms with E-state index in [0.717, 1.165) is 0 Å². The summed E-state index contributed by atoms with van der Waals surface area (Å²) in [7, 11) is 5.22. The Labute approximate surface area is 79.4 Å². The molecule has 0 aromatic rings. The third kappa shape index (κ3) is 7.31. The molecule has 0 radical (unpaired) electrons. The Hall–Kier alpha value is 1.21. The van der Waals surface area contributed by atoms with Crippen LogP contribution in [0.15, 0.2) is 23.8 Å². The average Bonchev–Trinajstić information content (AvgIpc) is 1.97. The Morgan fingerprint density at radius 3 is 1.80 bits per heavy atom. The maximum atomic E-state index is 2.61. The van der Waals surface area contributed by atoms with Gasteiger partial charge in [0.1, 0.15) is 0 Å². The SMILES string of the molecule is PC=CC[SiH]([Ir])CC=CP. The monoisotopic (exact) mass is 368 g/mol. The van der Waals surface area contributed by atoms with Crippen LogP contribution in [0.5, 0.6) is 0 Å². The second kappa shape index (κ2) is 8.30. The molecule has 0 aromatic carbocycles. The minimum atomic E-state index is -0.438. The van der Waals surface area contributed by atoms with E-state index in [2.05, 4.69) is 60.5 Å². The zero-order valence-corrected chi connectivity index (χ0v) is 11.6. The molecule has 0 saturated heterocycles. The molecule has 0 fully saturated rings. The molecule has 0 rings (SSSR count). The van der Waals surface area contributed by atoms with Gasteiger partial charge in [0, 0.05) is 0 Å². The molecule has 2 unspecified atom stereocenters. The molecular formula is C6H13IrP2Si. The van der Waals surface area contributed by atoms with Gasteiger partial charge < -0.3 is 0 Å². The molecule has 0 spiro atoms. The topological polar surface area (TPSA) is 0 Å². The van der Waals surface area contributed by atoms with Gasteiger partial charge in [-0.05, 0) is 0 Å². The summed E-state index contributed by atoms with van der Waals surface area (Å²) in [6, 6.07) is 2.64. The Kier molecular flexibility index (Phi) is 9.31. The van der Waals surface area contributed by atoms with Crippen molar-refractivity contribution in [2.24, 2.45) is 0 Å². The van der Waals surface area contributed by atoms with Crippen molar-refractivity contribution in [3.05, 3.63) is 23.8 Å². The molecule has 60 valence electrons. The van der Waals surface area contributed by atoms with Crippen LogP contribution in [-0.4, -0.2) is 6.92 Å². The third-order valence-electron chi connectivity index (χ3n) is 1.03. The van der Waals surface area contributed by atoms with Crippen LogP contribution in [0.1, 0.15) is 0 Å². The summed E-state index contributed by atoms with van der Waals surface area (Å²) in [6.07, 6.45) is 4.50. The first-order chi connectivity index (χ1) is 4.81. The Balaban J connectivity index is 3.33. The number of rotatable bonds is 4. The van der Waals surface area contributed by atoms with E-state index in [4.69, 9.17) is 0 Å². The van der Waals surface area contributed by atoms with Crippen LogP contribution in [0.2, 0.25) is 12.1 Å². The second-order valence-corrected chi connectivity index (χ2v) is 10.6. The van der Waals surface area contributed by atoms with Gasteiger partial charge >= 0.3 is 79.5 Å². The molecule has 0 N–H and O–H groups in total. The minimum absolute atomic E-state index is 0.438. The van der Waals surface area contributed by atoms with E-state index in [1.165, 1.54) is 12.1 Å². The Morgan fingerprint density at radius 1 is 1.10 bits per heavy atom. The summed E-state index contributed by atoms with van der Waals surface area (Å²) in [5.41, 5.74) is 0. The fourth-order valence-electron chi connectivity index (χ4n) is 0.537. The quantitative estimate of drug-likeness (QED) is 0.527. The second-order valence-electron chi connectivity index (χ2n) is 1.89. The van der Waals surface area contributed by atoms with Crippen molar-refractivity contribution >= 4 is 25.4 Å². The molecule has 2 atom stereocenters. The van der Waals surface area contributed by atoms with Gasteiger partial charge in [-0.25, -0.2) is 0 Å². The van der Waals surface area contributed by atoms with E-state index < -0.39 is 6.92 Å². The number of allylic oxidation sites excluding steroid dienone is 2. The van der Waals surface area contributed by atoms with Gasteiger partial charge in [-0.1, -0.05) is 0 Å². The van der Waals surface area contributed by atoms with Gasteiger partial charge in [-0.2, -0.15) is 0 Å². The van der Waals surface area contributed by atoms with E-state index in [0.29, 0.717) is 0 Å². The van der Waals surface area contributed by atoms with Crippen molar-refractivity contribution in [3.63, 3.8) is 0 Å². The predicted octanol–water partition coefficient (Wildman–Crippen LogP) is 2.03. The molecule has 4 heteroatoms. The summed E-state index contributed by atoms with van der Waals surface area (Å²) >= 11 is 2.40. The number of hydrogen-bond acceptors (Lipinski definition) is 0. The van der Waals surface area contributed by atoms with Crippen molar-refractivity contribution in [2.75, 3.05) is 0 Å². The van der Waals surface area contributed by atoms with Crippen molar-refractivity contribution in [1.29, 1.82) is 0 Å². The zero-order chi connectivity index (χ0) is 7.82. The summed E-state index contributed by atoms with van der Waals surface area (Å²) in [4.78, 5) is 0. The van der Waals surface area contributed by atoms with Crippen molar-refractivity contribution in [1.82, 2.24) is 0 Å². The van der Waals surface area contributed by atoms with E-state index in [9.17, 15) is 0 Å². The Bertz CT molecular complexity index is 111. The van der Waals surface area contributed by atoms with E-state index in [1.807, 2.05) is 0 Å². The van der Waals surface area contributed by atoms with Crippen molar-refractivity contribution < 1.29 is 18.2 Å². The molecule has 0 aliphatic rings. The fraction of sp³-hybridized carbons (Fsp3) is 0.333. The normalized spacial score (nSPS) is 15.2. The summed E-state index contributed by atoms with van der Waals surface area (Å²) in [6.45, 7) is -0.438. The van der Waals surface area contributed by atoms with Crippen LogP contribution >= 0.6 is 18.5 Å². The van der Waals surface area contributed by atoms with Gasteiger partial charge in [0.15, 0.2) is 0 Å². The van der Waals surface area contributed by atoms with E-state index in [-0.39, 0.29) is 0 Å². The standard InChI is InChI=1S/C6H13P2Si.Ir/c7-3-1-5-9-6-2-4-8;/h1-4,9H,5-8H2;. The molecule has 0 aliphatic carbocycles. The predicted molar refractivity (Wildman–Crippen MR) is 54.5 cm³/mol. The van der Waals surface area contributed by atoms with Gasteiger partial charge in [-0.15, -0.1) is 0 Å².